The molecule has 0 saturated carbocycles. The normalized spacial score (nSPS) is 11.6. The molecule has 0 radical (unpaired) electrons. The fourth-order valence-corrected chi connectivity index (χ4v) is 3.76. The predicted molar refractivity (Wildman–Crippen MR) is 115 cm³/mol. The molecule has 2 aromatic rings. The standard InChI is InChI=1S/C20H22ClN3O4S/c1-14(20(26)22-2)23(11-16-4-3-5-17(21)10-16)19(25)13-29-12-15-6-8-18(9-7-15)24(27)28/h3-10,14H,11-13H2,1-2H3,(H,22,26). The highest BCUT2D eigenvalue weighted by Gasteiger charge is 2.25. The number of rotatable bonds is 9. The molecule has 0 aliphatic heterocycles. The topological polar surface area (TPSA) is 92.6 Å². The number of nitrogens with one attached hydrogen (secondary N) is 1. The van der Waals surface area contributed by atoms with Gasteiger partial charge in [-0.25, -0.2) is 0 Å². The van der Waals surface area contributed by atoms with E-state index in [0.717, 1.165) is 11.1 Å². The highest BCUT2D eigenvalue weighted by Crippen LogP contribution is 2.19. The summed E-state index contributed by atoms with van der Waals surface area (Å²) in [7, 11) is 1.53. The van der Waals surface area contributed by atoms with Crippen molar-refractivity contribution in [2.24, 2.45) is 0 Å². The van der Waals surface area contributed by atoms with Crippen molar-refractivity contribution in [3.63, 3.8) is 0 Å². The van der Waals surface area contributed by atoms with Crippen LogP contribution < -0.4 is 5.32 Å². The summed E-state index contributed by atoms with van der Waals surface area (Å²) in [5, 5.41) is 13.9. The monoisotopic (exact) mass is 435 g/mol. The van der Waals surface area contributed by atoms with Crippen LogP contribution in [0.1, 0.15) is 18.1 Å². The average Bonchev–Trinajstić information content (AvgIpc) is 2.71. The van der Waals surface area contributed by atoms with E-state index >= 15 is 0 Å². The minimum Gasteiger partial charge on any atom is -0.357 e. The quantitative estimate of drug-likeness (QED) is 0.479. The zero-order valence-corrected chi connectivity index (χ0v) is 17.7. The molecule has 0 spiro atoms. The number of nitrogens with zero attached hydrogens (tertiary/aromatic N) is 2. The Kier molecular flexibility index (Phi) is 8.48. The first-order valence-corrected chi connectivity index (χ1v) is 10.4. The first-order chi connectivity index (χ1) is 13.8. The summed E-state index contributed by atoms with van der Waals surface area (Å²) >= 11 is 7.42. The van der Waals surface area contributed by atoms with E-state index in [2.05, 4.69) is 5.32 Å². The van der Waals surface area contributed by atoms with Crippen LogP contribution in [0, 0.1) is 10.1 Å². The van der Waals surface area contributed by atoms with Crippen molar-refractivity contribution in [2.75, 3.05) is 12.8 Å². The first kappa shape index (κ1) is 22.7. The van der Waals surface area contributed by atoms with Crippen LogP contribution in [0.4, 0.5) is 5.69 Å². The van der Waals surface area contributed by atoms with Gasteiger partial charge >= 0.3 is 0 Å². The first-order valence-electron chi connectivity index (χ1n) is 8.88. The van der Waals surface area contributed by atoms with E-state index in [0.29, 0.717) is 10.8 Å². The molecule has 1 atom stereocenters. The van der Waals surface area contributed by atoms with Crippen LogP contribution in [0.3, 0.4) is 0 Å². The Bertz CT molecular complexity index is 876. The number of likely N-dealkylation sites (N-methyl/N-ethyl adjacent to an activating group) is 1. The van der Waals surface area contributed by atoms with Gasteiger partial charge in [0.25, 0.3) is 5.69 Å². The number of nitro groups is 1. The zero-order chi connectivity index (χ0) is 21.4. The molecule has 0 fully saturated rings. The van der Waals surface area contributed by atoms with Gasteiger partial charge in [-0.2, -0.15) is 0 Å². The predicted octanol–water partition coefficient (Wildman–Crippen LogP) is 3.64. The number of non-ortho nitro benzene ring substituents is 1. The Morgan fingerprint density at radius 1 is 1.21 bits per heavy atom. The van der Waals surface area contributed by atoms with Crippen molar-refractivity contribution in [3.05, 3.63) is 74.8 Å². The fraction of sp³-hybridized carbons (Fsp3) is 0.300. The van der Waals surface area contributed by atoms with Crippen LogP contribution in [0.15, 0.2) is 48.5 Å². The van der Waals surface area contributed by atoms with Crippen LogP contribution in [0.25, 0.3) is 0 Å². The summed E-state index contributed by atoms with van der Waals surface area (Å²) < 4.78 is 0. The summed E-state index contributed by atoms with van der Waals surface area (Å²) in [5.74, 6) is 0.288. The van der Waals surface area contributed by atoms with Crippen molar-refractivity contribution in [2.45, 2.75) is 25.3 Å². The molecular formula is C20H22ClN3O4S. The third-order valence-corrected chi connectivity index (χ3v) is 5.52. The third kappa shape index (κ3) is 6.76. The Balaban J connectivity index is 2.02. The van der Waals surface area contributed by atoms with Gasteiger partial charge < -0.3 is 10.2 Å². The Labute approximate surface area is 178 Å². The molecule has 2 amide bonds. The van der Waals surface area contributed by atoms with Crippen molar-refractivity contribution < 1.29 is 14.5 Å². The highest BCUT2D eigenvalue weighted by atomic mass is 35.5. The molecule has 1 N–H and O–H groups in total. The summed E-state index contributed by atoms with van der Waals surface area (Å²) in [6.07, 6.45) is 0. The smallest absolute Gasteiger partial charge is 0.269 e. The van der Waals surface area contributed by atoms with Crippen LogP contribution >= 0.6 is 23.4 Å². The maximum Gasteiger partial charge on any atom is 0.269 e. The fourth-order valence-electron chi connectivity index (χ4n) is 2.68. The van der Waals surface area contributed by atoms with Crippen molar-refractivity contribution in [1.29, 1.82) is 0 Å². The molecule has 29 heavy (non-hydrogen) atoms. The lowest BCUT2D eigenvalue weighted by atomic mass is 10.1. The van der Waals surface area contributed by atoms with E-state index in [-0.39, 0.29) is 29.8 Å². The van der Waals surface area contributed by atoms with E-state index in [9.17, 15) is 19.7 Å². The molecule has 0 aliphatic carbocycles. The molecule has 154 valence electrons. The summed E-state index contributed by atoms with van der Waals surface area (Å²) in [6, 6.07) is 12.8. The Morgan fingerprint density at radius 2 is 1.90 bits per heavy atom. The van der Waals surface area contributed by atoms with Gasteiger partial charge in [-0.1, -0.05) is 35.9 Å². The lowest BCUT2D eigenvalue weighted by molar-refractivity contribution is -0.384. The number of benzene rings is 2. The molecule has 1 unspecified atom stereocenters. The molecule has 0 aromatic heterocycles. The Hall–Kier alpha value is -2.58. The van der Waals surface area contributed by atoms with Gasteiger partial charge in [-0.3, -0.25) is 19.7 Å². The average molecular weight is 436 g/mol. The van der Waals surface area contributed by atoms with E-state index in [1.807, 2.05) is 6.07 Å². The van der Waals surface area contributed by atoms with Crippen molar-refractivity contribution in [1.82, 2.24) is 10.2 Å². The maximum atomic E-state index is 12.8. The van der Waals surface area contributed by atoms with Crippen LogP contribution in [-0.2, 0) is 21.9 Å². The number of halogens is 1. The number of hydrogen-bond acceptors (Lipinski definition) is 5. The van der Waals surface area contributed by atoms with E-state index in [1.54, 1.807) is 37.3 Å². The van der Waals surface area contributed by atoms with Gasteiger partial charge in [0.05, 0.1) is 10.7 Å². The number of amides is 2. The molecule has 7 nitrogen and oxygen atoms in total. The number of nitro benzene ring substituents is 1. The third-order valence-electron chi connectivity index (χ3n) is 4.30. The molecule has 0 bridgehead atoms. The molecule has 0 saturated heterocycles. The van der Waals surface area contributed by atoms with Crippen molar-refractivity contribution >= 4 is 40.9 Å². The van der Waals surface area contributed by atoms with Gasteiger partial charge in [0.15, 0.2) is 0 Å². The molecular weight excluding hydrogens is 414 g/mol. The SMILES string of the molecule is CNC(=O)C(C)N(Cc1cccc(Cl)c1)C(=O)CSCc1ccc([N+](=O)[O-])cc1. The lowest BCUT2D eigenvalue weighted by Gasteiger charge is -2.28. The molecule has 0 heterocycles. The summed E-state index contributed by atoms with van der Waals surface area (Å²) in [4.78, 5) is 36.7. The largest absolute Gasteiger partial charge is 0.357 e. The highest BCUT2D eigenvalue weighted by molar-refractivity contribution is 7.99. The van der Waals surface area contributed by atoms with Gasteiger partial charge in [0, 0.05) is 36.5 Å². The molecule has 2 aromatic carbocycles. The van der Waals surface area contributed by atoms with Crippen molar-refractivity contribution in [3.8, 4) is 0 Å². The maximum absolute atomic E-state index is 12.8. The van der Waals surface area contributed by atoms with Crippen LogP contribution in [-0.4, -0.2) is 40.5 Å². The second-order valence-corrected chi connectivity index (χ2v) is 7.78. The number of carbonyl (C=O) groups is 2. The van der Waals surface area contributed by atoms with Gasteiger partial charge in [0.1, 0.15) is 6.04 Å². The van der Waals surface area contributed by atoms with Gasteiger partial charge in [-0.15, -0.1) is 11.8 Å². The van der Waals surface area contributed by atoms with E-state index < -0.39 is 11.0 Å². The molecule has 2 rings (SSSR count). The molecule has 9 heteroatoms. The minimum atomic E-state index is -0.633. The second kappa shape index (κ2) is 10.8. The lowest BCUT2D eigenvalue weighted by Crippen LogP contribution is -2.47. The second-order valence-electron chi connectivity index (χ2n) is 6.36. The number of hydrogen-bond donors (Lipinski definition) is 1. The zero-order valence-electron chi connectivity index (χ0n) is 16.1. The van der Waals surface area contributed by atoms with Crippen LogP contribution in [0.5, 0.6) is 0 Å². The number of carbonyl (C=O) groups excluding carboxylic acids is 2. The minimum absolute atomic E-state index is 0.0296. The molecule has 0 aliphatic rings. The van der Waals surface area contributed by atoms with E-state index in [4.69, 9.17) is 11.6 Å². The van der Waals surface area contributed by atoms with Crippen LogP contribution in [0.2, 0.25) is 5.02 Å². The van der Waals surface area contributed by atoms with Gasteiger partial charge in [0.2, 0.25) is 11.8 Å². The van der Waals surface area contributed by atoms with E-state index in [1.165, 1.54) is 35.8 Å². The van der Waals surface area contributed by atoms with Gasteiger partial charge in [-0.05, 0) is 30.2 Å². The number of thioether (sulfide) groups is 1. The Morgan fingerprint density at radius 3 is 2.48 bits per heavy atom. The summed E-state index contributed by atoms with van der Waals surface area (Å²) in [5.41, 5.74) is 1.75. The summed E-state index contributed by atoms with van der Waals surface area (Å²) in [6.45, 7) is 1.95.